The minimum absolute atomic E-state index is 0.0613. The molecule has 1 fully saturated rings. The molecule has 3 aromatic carbocycles. The number of hydrogen-bond donors (Lipinski definition) is 3. The van der Waals surface area contributed by atoms with Crippen LogP contribution in [0.3, 0.4) is 0 Å². The molecule has 0 bridgehead atoms. The summed E-state index contributed by atoms with van der Waals surface area (Å²) in [5, 5.41) is 8.72. The first-order valence-corrected chi connectivity index (χ1v) is 11.5. The SMILES string of the molecule is O=C1Nc2ccccc2/C1=C/Nc1ccc(NC2CCN(Cc3ccccc3)C2)c(C(F)(F)F)c1. The summed E-state index contributed by atoms with van der Waals surface area (Å²) in [7, 11) is 0. The van der Waals surface area contributed by atoms with Crippen LogP contribution in [0.5, 0.6) is 0 Å². The third-order valence-electron chi connectivity index (χ3n) is 6.30. The van der Waals surface area contributed by atoms with Gasteiger partial charge in [0.15, 0.2) is 0 Å². The number of likely N-dealkylation sites (tertiary alicyclic amines) is 1. The highest BCUT2D eigenvalue weighted by molar-refractivity contribution is 6.31. The van der Waals surface area contributed by atoms with E-state index in [4.69, 9.17) is 0 Å². The first-order chi connectivity index (χ1) is 16.9. The molecule has 1 saturated heterocycles. The van der Waals surface area contributed by atoms with Crippen LogP contribution in [0.25, 0.3) is 5.57 Å². The highest BCUT2D eigenvalue weighted by atomic mass is 19.4. The van der Waals surface area contributed by atoms with E-state index in [2.05, 4.69) is 33.0 Å². The number of nitrogens with one attached hydrogen (secondary N) is 3. The van der Waals surface area contributed by atoms with Gasteiger partial charge in [0.05, 0.1) is 11.1 Å². The normalized spacial score (nSPS) is 19.0. The maximum atomic E-state index is 13.9. The van der Waals surface area contributed by atoms with Crippen molar-refractivity contribution in [3.63, 3.8) is 0 Å². The average Bonchev–Trinajstić information content (AvgIpc) is 3.41. The predicted octanol–water partition coefficient (Wildman–Crippen LogP) is 5.80. The Labute approximate surface area is 201 Å². The summed E-state index contributed by atoms with van der Waals surface area (Å²) in [5.41, 5.74) is 2.53. The van der Waals surface area contributed by atoms with E-state index < -0.39 is 11.7 Å². The lowest BCUT2D eigenvalue weighted by atomic mass is 10.1. The Balaban J connectivity index is 1.30. The van der Waals surface area contributed by atoms with E-state index in [9.17, 15) is 18.0 Å². The van der Waals surface area contributed by atoms with Gasteiger partial charge in [-0.3, -0.25) is 9.69 Å². The summed E-state index contributed by atoms with van der Waals surface area (Å²) < 4.78 is 41.7. The number of para-hydroxylation sites is 1. The monoisotopic (exact) mass is 478 g/mol. The molecule has 0 aromatic heterocycles. The fourth-order valence-corrected chi connectivity index (χ4v) is 4.59. The van der Waals surface area contributed by atoms with Crippen molar-refractivity contribution >= 4 is 28.5 Å². The number of amides is 1. The highest BCUT2D eigenvalue weighted by Gasteiger charge is 2.35. The minimum atomic E-state index is -4.52. The molecule has 5 nitrogen and oxygen atoms in total. The number of fused-ring (bicyclic) bond motifs is 1. The van der Waals surface area contributed by atoms with Crippen molar-refractivity contribution in [1.82, 2.24) is 4.90 Å². The van der Waals surface area contributed by atoms with Gasteiger partial charge in [0.1, 0.15) is 0 Å². The number of halogens is 3. The Bertz CT molecular complexity index is 1260. The molecule has 0 saturated carbocycles. The number of anilines is 3. The minimum Gasteiger partial charge on any atom is -0.380 e. The summed E-state index contributed by atoms with van der Waals surface area (Å²) in [6, 6.07) is 21.3. The topological polar surface area (TPSA) is 56.4 Å². The number of hydrogen-bond acceptors (Lipinski definition) is 4. The summed E-state index contributed by atoms with van der Waals surface area (Å²) in [4.78, 5) is 14.5. The quantitative estimate of drug-likeness (QED) is 0.392. The molecule has 2 aliphatic heterocycles. The van der Waals surface area contributed by atoms with Gasteiger partial charge in [-0.25, -0.2) is 0 Å². The number of carbonyl (C=O) groups excluding carboxylic acids is 1. The number of benzene rings is 3. The summed E-state index contributed by atoms with van der Waals surface area (Å²) in [6.07, 6.45) is -2.31. The van der Waals surface area contributed by atoms with Crippen molar-refractivity contribution in [2.75, 3.05) is 29.0 Å². The van der Waals surface area contributed by atoms with E-state index in [-0.39, 0.29) is 23.3 Å². The number of rotatable bonds is 6. The van der Waals surface area contributed by atoms with Crippen molar-refractivity contribution in [1.29, 1.82) is 0 Å². The van der Waals surface area contributed by atoms with Crippen molar-refractivity contribution in [3.05, 3.63) is 95.7 Å². The van der Waals surface area contributed by atoms with Gasteiger partial charge in [-0.2, -0.15) is 13.2 Å². The molecule has 1 amide bonds. The molecule has 0 aliphatic carbocycles. The molecule has 2 heterocycles. The first-order valence-electron chi connectivity index (χ1n) is 11.5. The standard InChI is InChI=1S/C27H25F3N4O/c28-27(29,30)23-14-19(31-15-22-21-8-4-5-9-24(21)33-26(22)35)10-11-25(23)32-20-12-13-34(17-20)16-18-6-2-1-3-7-18/h1-11,14-15,20,31-32H,12-13,16-17H2,(H,33,35)/b22-15-. The Morgan fingerprint density at radius 2 is 1.80 bits per heavy atom. The fraction of sp³-hybridized carbons (Fsp3) is 0.222. The lowest BCUT2D eigenvalue weighted by molar-refractivity contribution is -0.137. The van der Waals surface area contributed by atoms with Gasteiger partial charge in [-0.1, -0.05) is 48.5 Å². The van der Waals surface area contributed by atoms with E-state index in [0.717, 1.165) is 25.6 Å². The third-order valence-corrected chi connectivity index (χ3v) is 6.30. The van der Waals surface area contributed by atoms with Crippen molar-refractivity contribution in [2.24, 2.45) is 0 Å². The average molecular weight is 479 g/mol. The molecule has 1 atom stereocenters. The van der Waals surface area contributed by atoms with Crippen LogP contribution in [0.4, 0.5) is 30.2 Å². The first kappa shape index (κ1) is 23.0. The van der Waals surface area contributed by atoms with E-state index in [1.165, 1.54) is 17.8 Å². The van der Waals surface area contributed by atoms with E-state index >= 15 is 0 Å². The number of carbonyl (C=O) groups is 1. The van der Waals surface area contributed by atoms with Gasteiger partial charge >= 0.3 is 6.18 Å². The second-order valence-corrected chi connectivity index (χ2v) is 8.81. The zero-order valence-corrected chi connectivity index (χ0v) is 18.9. The molecule has 2 aliphatic rings. The molecule has 8 heteroatoms. The van der Waals surface area contributed by atoms with Crippen molar-refractivity contribution in [3.8, 4) is 0 Å². The maximum Gasteiger partial charge on any atom is 0.418 e. The van der Waals surface area contributed by atoms with Crippen LogP contribution >= 0.6 is 0 Å². The van der Waals surface area contributed by atoms with Crippen LogP contribution < -0.4 is 16.0 Å². The van der Waals surface area contributed by atoms with Gasteiger partial charge in [0.2, 0.25) is 0 Å². The Kier molecular flexibility index (Phi) is 6.21. The molecule has 0 radical (unpaired) electrons. The van der Waals surface area contributed by atoms with E-state index in [0.29, 0.717) is 23.4 Å². The van der Waals surface area contributed by atoms with Crippen LogP contribution in [0.1, 0.15) is 23.1 Å². The summed E-state index contributed by atoms with van der Waals surface area (Å²) >= 11 is 0. The van der Waals surface area contributed by atoms with Crippen LogP contribution in [0.2, 0.25) is 0 Å². The molecule has 3 N–H and O–H groups in total. The second-order valence-electron chi connectivity index (χ2n) is 8.81. The summed E-state index contributed by atoms with van der Waals surface area (Å²) in [5.74, 6) is -0.297. The molecule has 3 aromatic rings. The molecule has 5 rings (SSSR count). The van der Waals surface area contributed by atoms with Crippen LogP contribution in [-0.4, -0.2) is 29.9 Å². The van der Waals surface area contributed by atoms with E-state index in [1.807, 2.05) is 24.3 Å². The predicted molar refractivity (Wildman–Crippen MR) is 132 cm³/mol. The lowest BCUT2D eigenvalue weighted by Gasteiger charge is -2.21. The zero-order valence-electron chi connectivity index (χ0n) is 18.9. The van der Waals surface area contributed by atoms with Crippen LogP contribution in [0.15, 0.2) is 79.0 Å². The summed E-state index contributed by atoms with van der Waals surface area (Å²) in [6.45, 7) is 2.27. The molecule has 35 heavy (non-hydrogen) atoms. The van der Waals surface area contributed by atoms with E-state index in [1.54, 1.807) is 24.3 Å². The fourth-order valence-electron chi connectivity index (χ4n) is 4.59. The molecule has 0 spiro atoms. The van der Waals surface area contributed by atoms with Gasteiger partial charge in [0, 0.05) is 54.5 Å². The zero-order chi connectivity index (χ0) is 24.4. The molecular formula is C27H25F3N4O. The largest absolute Gasteiger partial charge is 0.418 e. The smallest absolute Gasteiger partial charge is 0.380 e. The number of alkyl halides is 3. The number of nitrogens with zero attached hydrogens (tertiary/aromatic N) is 1. The third kappa shape index (κ3) is 5.17. The molecular weight excluding hydrogens is 453 g/mol. The van der Waals surface area contributed by atoms with Crippen molar-refractivity contribution < 1.29 is 18.0 Å². The van der Waals surface area contributed by atoms with Gasteiger partial charge < -0.3 is 16.0 Å². The Morgan fingerprint density at radius 1 is 1.03 bits per heavy atom. The lowest BCUT2D eigenvalue weighted by Crippen LogP contribution is -2.27. The Hall–Kier alpha value is -3.78. The van der Waals surface area contributed by atoms with Gasteiger partial charge in [0.25, 0.3) is 5.91 Å². The highest BCUT2D eigenvalue weighted by Crippen LogP contribution is 2.38. The molecule has 1 unspecified atom stereocenters. The second kappa shape index (κ2) is 9.46. The van der Waals surface area contributed by atoms with Crippen LogP contribution in [-0.2, 0) is 17.5 Å². The van der Waals surface area contributed by atoms with Gasteiger partial charge in [-0.15, -0.1) is 0 Å². The van der Waals surface area contributed by atoms with Crippen LogP contribution in [0, 0.1) is 0 Å². The van der Waals surface area contributed by atoms with Crippen molar-refractivity contribution in [2.45, 2.75) is 25.2 Å². The van der Waals surface area contributed by atoms with Gasteiger partial charge in [-0.05, 0) is 36.2 Å². The molecule has 180 valence electrons. The maximum absolute atomic E-state index is 13.9. The Morgan fingerprint density at radius 3 is 2.60 bits per heavy atom.